The molecule has 0 fully saturated rings. The third kappa shape index (κ3) is 4.40. The summed E-state index contributed by atoms with van der Waals surface area (Å²) < 4.78 is 13.4. The molecule has 0 amide bonds. The molecule has 0 N–H and O–H groups in total. The van der Waals surface area contributed by atoms with Crippen molar-refractivity contribution < 1.29 is 9.47 Å². The lowest BCUT2D eigenvalue weighted by Gasteiger charge is -2.12. The highest BCUT2D eigenvalue weighted by Crippen LogP contribution is 2.26. The molecule has 0 saturated carbocycles. The summed E-state index contributed by atoms with van der Waals surface area (Å²) in [4.78, 5) is 17.4. The van der Waals surface area contributed by atoms with Crippen LogP contribution in [0.5, 0.6) is 17.4 Å². The number of pyridine rings is 1. The molecular weight excluding hydrogens is 366 g/mol. The number of methoxy groups -OCH3 is 1. The van der Waals surface area contributed by atoms with Crippen molar-refractivity contribution in [2.24, 2.45) is 0 Å². The molecule has 0 aliphatic carbocycles. The van der Waals surface area contributed by atoms with Gasteiger partial charge in [-0.25, -0.2) is 9.97 Å². The monoisotopic (exact) mass is 387 g/mol. The second kappa shape index (κ2) is 8.10. The first-order valence-corrected chi connectivity index (χ1v) is 9.21. The van der Waals surface area contributed by atoms with Gasteiger partial charge >= 0.3 is 0 Å². The number of benzene rings is 1. The molecule has 0 atom stereocenters. The Bertz CT molecular complexity index is 1130. The number of rotatable bonds is 6. The van der Waals surface area contributed by atoms with Crippen molar-refractivity contribution >= 4 is 0 Å². The van der Waals surface area contributed by atoms with E-state index in [2.05, 4.69) is 19.9 Å². The Morgan fingerprint density at radius 2 is 1.93 bits per heavy atom. The lowest BCUT2D eigenvalue weighted by atomic mass is 10.1. The molecule has 7 heteroatoms. The molecule has 0 unspecified atom stereocenters. The summed E-state index contributed by atoms with van der Waals surface area (Å²) in [5.41, 5.74) is 3.76. The predicted molar refractivity (Wildman–Crippen MR) is 109 cm³/mol. The van der Waals surface area contributed by atoms with Crippen molar-refractivity contribution in [3.8, 4) is 23.1 Å². The second-order valence-corrected chi connectivity index (χ2v) is 6.66. The first-order chi connectivity index (χ1) is 14.1. The summed E-state index contributed by atoms with van der Waals surface area (Å²) in [5, 5.41) is 0. The van der Waals surface area contributed by atoms with Gasteiger partial charge in [-0.05, 0) is 43.7 Å². The van der Waals surface area contributed by atoms with Gasteiger partial charge in [0.15, 0.2) is 0 Å². The fourth-order valence-electron chi connectivity index (χ4n) is 3.04. The molecule has 0 aliphatic heterocycles. The lowest BCUT2D eigenvalue weighted by molar-refractivity contribution is 0.412. The molecule has 29 heavy (non-hydrogen) atoms. The second-order valence-electron chi connectivity index (χ2n) is 6.66. The van der Waals surface area contributed by atoms with Crippen LogP contribution in [0.4, 0.5) is 0 Å². The molecule has 146 valence electrons. The molecule has 4 rings (SSSR count). The van der Waals surface area contributed by atoms with Crippen LogP contribution in [0.3, 0.4) is 0 Å². The van der Waals surface area contributed by atoms with E-state index in [9.17, 15) is 0 Å². The van der Waals surface area contributed by atoms with Gasteiger partial charge in [-0.15, -0.1) is 0 Å². The number of aromatic nitrogens is 5. The van der Waals surface area contributed by atoms with Crippen LogP contribution in [-0.4, -0.2) is 31.6 Å². The zero-order valence-corrected chi connectivity index (χ0v) is 16.5. The van der Waals surface area contributed by atoms with Crippen LogP contribution in [-0.2, 0) is 6.42 Å². The van der Waals surface area contributed by atoms with E-state index in [0.717, 1.165) is 28.4 Å². The molecule has 3 aromatic heterocycles. The number of imidazole rings is 1. The van der Waals surface area contributed by atoms with E-state index in [0.29, 0.717) is 23.9 Å². The maximum atomic E-state index is 5.81. The molecule has 0 radical (unpaired) electrons. The fourth-order valence-corrected chi connectivity index (χ4v) is 3.04. The summed E-state index contributed by atoms with van der Waals surface area (Å²) in [5.74, 6) is 2.58. The number of hydrogen-bond acceptors (Lipinski definition) is 6. The highest BCUT2D eigenvalue weighted by atomic mass is 16.5. The van der Waals surface area contributed by atoms with Crippen LogP contribution in [0.1, 0.15) is 22.8 Å². The van der Waals surface area contributed by atoms with E-state index in [-0.39, 0.29) is 0 Å². The van der Waals surface area contributed by atoms with Crippen LogP contribution >= 0.6 is 0 Å². The van der Waals surface area contributed by atoms with Crippen LogP contribution in [0.2, 0.25) is 0 Å². The smallest absolute Gasteiger partial charge is 0.222 e. The third-order valence-corrected chi connectivity index (χ3v) is 4.33. The van der Waals surface area contributed by atoms with E-state index < -0.39 is 0 Å². The van der Waals surface area contributed by atoms with Gasteiger partial charge in [0.25, 0.3) is 0 Å². The first kappa shape index (κ1) is 18.6. The highest BCUT2D eigenvalue weighted by Gasteiger charge is 2.10. The maximum Gasteiger partial charge on any atom is 0.222 e. The molecule has 7 nitrogen and oxygen atoms in total. The van der Waals surface area contributed by atoms with E-state index in [1.165, 1.54) is 0 Å². The summed E-state index contributed by atoms with van der Waals surface area (Å²) in [6.07, 6.45) is 7.65. The lowest BCUT2D eigenvalue weighted by Crippen LogP contribution is -2.02. The Kier molecular flexibility index (Phi) is 5.20. The molecular formula is C22H21N5O2. The molecule has 0 saturated heterocycles. The predicted octanol–water partition coefficient (Wildman–Crippen LogP) is 4.07. The molecule has 1 aromatic carbocycles. The summed E-state index contributed by atoms with van der Waals surface area (Å²) in [7, 11) is 1.66. The van der Waals surface area contributed by atoms with Gasteiger partial charge in [-0.1, -0.05) is 6.07 Å². The minimum absolute atomic E-state index is 0.498. The van der Waals surface area contributed by atoms with E-state index in [4.69, 9.17) is 9.47 Å². The highest BCUT2D eigenvalue weighted by molar-refractivity contribution is 5.49. The van der Waals surface area contributed by atoms with Crippen LogP contribution in [0.15, 0.2) is 61.3 Å². The molecule has 0 aliphatic rings. The van der Waals surface area contributed by atoms with Gasteiger partial charge in [0.05, 0.1) is 31.0 Å². The SMILES string of the molecule is COc1cc(Cc2nc(C)cc(Oc3cccnc3)n2)ccc1-n1cnc(C)c1. The van der Waals surface area contributed by atoms with Gasteiger partial charge in [0, 0.05) is 30.6 Å². The molecule has 4 aromatic rings. The Labute approximate surface area is 169 Å². The topological polar surface area (TPSA) is 75.0 Å². The van der Waals surface area contributed by atoms with Crippen LogP contribution in [0, 0.1) is 13.8 Å². The van der Waals surface area contributed by atoms with E-state index in [1.807, 2.05) is 61.0 Å². The van der Waals surface area contributed by atoms with E-state index in [1.54, 1.807) is 25.8 Å². The first-order valence-electron chi connectivity index (χ1n) is 9.21. The molecule has 3 heterocycles. The minimum atomic E-state index is 0.498. The van der Waals surface area contributed by atoms with Crippen molar-refractivity contribution in [1.82, 2.24) is 24.5 Å². The van der Waals surface area contributed by atoms with Crippen LogP contribution < -0.4 is 9.47 Å². The molecule has 0 spiro atoms. The Hall–Kier alpha value is -3.74. The number of hydrogen-bond donors (Lipinski definition) is 0. The van der Waals surface area contributed by atoms with Crippen molar-refractivity contribution in [1.29, 1.82) is 0 Å². The average molecular weight is 387 g/mol. The van der Waals surface area contributed by atoms with Gasteiger partial charge in [-0.2, -0.15) is 4.98 Å². The normalized spacial score (nSPS) is 10.7. The number of ether oxygens (including phenoxy) is 2. The van der Waals surface area contributed by atoms with Gasteiger partial charge in [0.1, 0.15) is 17.3 Å². The van der Waals surface area contributed by atoms with Crippen molar-refractivity contribution in [2.75, 3.05) is 7.11 Å². The largest absolute Gasteiger partial charge is 0.495 e. The molecule has 0 bridgehead atoms. The summed E-state index contributed by atoms with van der Waals surface area (Å²) in [6, 6.07) is 11.5. The zero-order valence-electron chi connectivity index (χ0n) is 16.5. The maximum absolute atomic E-state index is 5.81. The summed E-state index contributed by atoms with van der Waals surface area (Å²) in [6.45, 7) is 3.88. The van der Waals surface area contributed by atoms with Crippen LogP contribution in [0.25, 0.3) is 5.69 Å². The third-order valence-electron chi connectivity index (χ3n) is 4.33. The minimum Gasteiger partial charge on any atom is -0.495 e. The number of aryl methyl sites for hydroxylation is 2. The van der Waals surface area contributed by atoms with Crippen molar-refractivity contribution in [2.45, 2.75) is 20.3 Å². The standard InChI is InChI=1S/C22H21N5O2/c1-15-9-22(29-18-5-4-8-23-12-18)26-21(25-15)11-17-6-7-19(20(10-17)28-3)27-13-16(2)24-14-27/h4-10,12-14H,11H2,1-3H3. The number of nitrogens with zero attached hydrogens (tertiary/aromatic N) is 5. The quantitative estimate of drug-likeness (QED) is 0.497. The van der Waals surface area contributed by atoms with Crippen molar-refractivity contribution in [3.05, 3.63) is 84.1 Å². The average Bonchev–Trinajstić information content (AvgIpc) is 3.14. The fraction of sp³-hybridized carbons (Fsp3) is 0.182. The zero-order chi connectivity index (χ0) is 20.2. The van der Waals surface area contributed by atoms with Gasteiger partial charge in [-0.3, -0.25) is 4.98 Å². The van der Waals surface area contributed by atoms with Crippen molar-refractivity contribution in [3.63, 3.8) is 0 Å². The Morgan fingerprint density at radius 3 is 2.66 bits per heavy atom. The van der Waals surface area contributed by atoms with Gasteiger partial charge in [0.2, 0.25) is 5.88 Å². The summed E-state index contributed by atoms with van der Waals surface area (Å²) >= 11 is 0. The van der Waals surface area contributed by atoms with E-state index >= 15 is 0 Å². The van der Waals surface area contributed by atoms with Gasteiger partial charge < -0.3 is 14.0 Å². The Balaban J connectivity index is 1.59. The Morgan fingerprint density at radius 1 is 1.03 bits per heavy atom.